The van der Waals surface area contributed by atoms with E-state index >= 15 is 0 Å². The molecule has 3 aromatic carbocycles. The van der Waals surface area contributed by atoms with Crippen LogP contribution in [0.3, 0.4) is 0 Å². The number of nitrogens with one attached hydrogen (secondary N) is 1. The number of nitrogens with zero attached hydrogens (tertiary/aromatic N) is 1. The molecule has 0 aromatic heterocycles. The van der Waals surface area contributed by atoms with Crippen LogP contribution in [0.2, 0.25) is 10.0 Å². The molecular formula is C24H14Cl2F6N2O3S. The molecule has 0 saturated heterocycles. The summed E-state index contributed by atoms with van der Waals surface area (Å²) in [5.41, 5.74) is -3.18. The Balaban J connectivity index is 1.57. The number of rotatable bonds is 5. The molecule has 1 aliphatic heterocycles. The minimum atomic E-state index is -5.00. The first-order valence-electron chi connectivity index (χ1n) is 10.5. The van der Waals surface area contributed by atoms with Gasteiger partial charge in [0, 0.05) is 17.5 Å². The molecule has 0 aliphatic carbocycles. The average molecular weight is 595 g/mol. The van der Waals surface area contributed by atoms with Gasteiger partial charge in [-0.15, -0.1) is 0 Å². The van der Waals surface area contributed by atoms with E-state index in [1.807, 2.05) is 0 Å². The van der Waals surface area contributed by atoms with Crippen molar-refractivity contribution >= 4 is 45.8 Å². The van der Waals surface area contributed by atoms with Crippen LogP contribution >= 0.6 is 23.2 Å². The van der Waals surface area contributed by atoms with Gasteiger partial charge >= 0.3 is 6.18 Å². The van der Waals surface area contributed by atoms with Crippen LogP contribution in [0.25, 0.3) is 0 Å². The highest BCUT2D eigenvalue weighted by Crippen LogP contribution is 2.50. The number of carbonyl (C=O) groups is 1. The van der Waals surface area contributed by atoms with Gasteiger partial charge < -0.3 is 4.84 Å². The van der Waals surface area contributed by atoms with E-state index in [0.29, 0.717) is 6.07 Å². The van der Waals surface area contributed by atoms with Crippen molar-refractivity contribution in [2.75, 3.05) is 0 Å². The van der Waals surface area contributed by atoms with Gasteiger partial charge in [-0.25, -0.2) is 17.4 Å². The van der Waals surface area contributed by atoms with E-state index in [9.17, 15) is 35.3 Å². The highest BCUT2D eigenvalue weighted by atomic mass is 35.5. The first-order chi connectivity index (χ1) is 17.7. The maximum atomic E-state index is 14.2. The van der Waals surface area contributed by atoms with E-state index in [2.05, 4.69) is 9.88 Å². The number of halogens is 8. The van der Waals surface area contributed by atoms with Crippen molar-refractivity contribution < 1.29 is 40.2 Å². The Bertz CT molecular complexity index is 1490. The maximum absolute atomic E-state index is 14.2. The lowest BCUT2D eigenvalue weighted by Crippen LogP contribution is -2.42. The standard InChI is InChI=1S/C24H14Cl2F6N2O3S/c1-11-6-12(2-4-15(11)22(35)34-38(36)14-3-5-18(27)19(28)9-14)20-10-23(37-33-20,24(30,31)32)13-7-16(25)21(29)17(26)8-13/h2-9H,10H2,1H3,(H,34,35). The normalized spacial score (nSPS) is 18.1. The third kappa shape index (κ3) is 5.12. The lowest BCUT2D eigenvalue weighted by Gasteiger charge is -2.29. The Kier molecular flexibility index (Phi) is 7.52. The van der Waals surface area contributed by atoms with Crippen molar-refractivity contribution in [2.24, 2.45) is 5.16 Å². The molecule has 1 N–H and O–H groups in total. The SMILES string of the molecule is Cc1cc(C2=NOC(c3cc(Cl)c(F)c(Cl)c3)(C(F)(F)F)C2)ccc1C(=O)NS(=O)c1ccc(F)c(F)c1. The van der Waals surface area contributed by atoms with E-state index in [1.54, 1.807) is 0 Å². The topological polar surface area (TPSA) is 67.8 Å². The Morgan fingerprint density at radius 1 is 1.03 bits per heavy atom. The fourth-order valence-corrected chi connectivity index (χ4v) is 5.02. The second-order valence-corrected chi connectivity index (χ2v) is 10.2. The van der Waals surface area contributed by atoms with Gasteiger partial charge in [-0.2, -0.15) is 13.2 Å². The Morgan fingerprint density at radius 3 is 2.26 bits per heavy atom. The number of aryl methyl sites for hydroxylation is 1. The summed E-state index contributed by atoms with van der Waals surface area (Å²) in [6.45, 7) is 1.48. The maximum Gasteiger partial charge on any atom is 0.435 e. The van der Waals surface area contributed by atoms with Crippen LogP contribution in [0, 0.1) is 24.4 Å². The van der Waals surface area contributed by atoms with Crippen molar-refractivity contribution in [2.45, 2.75) is 30.0 Å². The van der Waals surface area contributed by atoms with E-state index in [1.165, 1.54) is 25.1 Å². The van der Waals surface area contributed by atoms with Crippen LogP contribution < -0.4 is 4.72 Å². The number of alkyl halides is 3. The van der Waals surface area contributed by atoms with Crippen molar-refractivity contribution in [3.05, 3.63) is 98.3 Å². The Labute approximate surface area is 224 Å². The summed E-state index contributed by atoms with van der Waals surface area (Å²) in [7, 11) is -2.22. The second-order valence-electron chi connectivity index (χ2n) is 8.19. The van der Waals surface area contributed by atoms with Crippen LogP contribution in [-0.4, -0.2) is 22.0 Å². The molecule has 0 radical (unpaired) electrons. The predicted octanol–water partition coefficient (Wildman–Crippen LogP) is 6.75. The Hall–Kier alpha value is -3.09. The quantitative estimate of drug-likeness (QED) is 0.262. The minimum Gasteiger partial charge on any atom is -0.374 e. The average Bonchev–Trinajstić information content (AvgIpc) is 3.31. The highest BCUT2D eigenvalue weighted by molar-refractivity contribution is 7.83. The summed E-state index contributed by atoms with van der Waals surface area (Å²) in [5.74, 6) is -4.31. The largest absolute Gasteiger partial charge is 0.435 e. The molecular weight excluding hydrogens is 581 g/mol. The van der Waals surface area contributed by atoms with Crippen LogP contribution in [0.1, 0.15) is 33.5 Å². The fourth-order valence-electron chi connectivity index (χ4n) is 3.74. The molecule has 1 amide bonds. The molecule has 3 aromatic rings. The molecule has 5 nitrogen and oxygen atoms in total. The lowest BCUT2D eigenvalue weighted by atomic mass is 9.86. The lowest BCUT2D eigenvalue weighted by molar-refractivity contribution is -0.275. The third-order valence-electron chi connectivity index (χ3n) is 5.73. The van der Waals surface area contributed by atoms with Crippen molar-refractivity contribution in [3.63, 3.8) is 0 Å². The minimum absolute atomic E-state index is 0.0170. The molecule has 4 rings (SSSR count). The third-order valence-corrected chi connectivity index (χ3v) is 7.33. The summed E-state index contributed by atoms with van der Waals surface area (Å²) in [4.78, 5) is 17.3. The molecule has 0 bridgehead atoms. The zero-order chi connectivity index (χ0) is 28.0. The van der Waals surface area contributed by atoms with Gasteiger partial charge in [0.2, 0.25) is 0 Å². The molecule has 38 heavy (non-hydrogen) atoms. The molecule has 1 aliphatic rings. The molecule has 0 spiro atoms. The molecule has 14 heteroatoms. The van der Waals surface area contributed by atoms with Gasteiger partial charge in [-0.05, 0) is 60.5 Å². The van der Waals surface area contributed by atoms with Gasteiger partial charge in [0.15, 0.2) is 28.4 Å². The van der Waals surface area contributed by atoms with E-state index in [-0.39, 0.29) is 27.3 Å². The zero-order valence-electron chi connectivity index (χ0n) is 18.9. The number of hydrogen-bond acceptors (Lipinski definition) is 4. The summed E-state index contributed by atoms with van der Waals surface area (Å²) in [5, 5.41) is 2.35. The van der Waals surface area contributed by atoms with Crippen LogP contribution in [0.5, 0.6) is 0 Å². The summed E-state index contributed by atoms with van der Waals surface area (Å²) < 4.78 is 97.4. The van der Waals surface area contributed by atoms with E-state index in [4.69, 9.17) is 28.0 Å². The predicted molar refractivity (Wildman–Crippen MR) is 128 cm³/mol. The highest BCUT2D eigenvalue weighted by Gasteiger charge is 2.62. The monoisotopic (exact) mass is 594 g/mol. The smallest absolute Gasteiger partial charge is 0.374 e. The van der Waals surface area contributed by atoms with Gasteiger partial charge in [0.25, 0.3) is 11.5 Å². The van der Waals surface area contributed by atoms with Gasteiger partial charge in [-0.1, -0.05) is 34.4 Å². The molecule has 200 valence electrons. The fraction of sp³-hybridized carbons (Fsp3) is 0.167. The summed E-state index contributed by atoms with van der Waals surface area (Å²) >= 11 is 11.4. The zero-order valence-corrected chi connectivity index (χ0v) is 21.3. The van der Waals surface area contributed by atoms with Crippen molar-refractivity contribution in [1.29, 1.82) is 0 Å². The van der Waals surface area contributed by atoms with Gasteiger partial charge in [-0.3, -0.25) is 9.52 Å². The van der Waals surface area contributed by atoms with E-state index in [0.717, 1.165) is 24.3 Å². The number of benzene rings is 3. The number of hydrogen-bond donors (Lipinski definition) is 1. The van der Waals surface area contributed by atoms with Gasteiger partial charge in [0.05, 0.1) is 20.7 Å². The number of carbonyl (C=O) groups excluding carboxylic acids is 1. The van der Waals surface area contributed by atoms with Crippen molar-refractivity contribution in [3.8, 4) is 0 Å². The van der Waals surface area contributed by atoms with Gasteiger partial charge in [0.1, 0.15) is 0 Å². The summed E-state index contributed by atoms with van der Waals surface area (Å²) in [6, 6.07) is 7.95. The van der Waals surface area contributed by atoms with Crippen LogP contribution in [0.15, 0.2) is 58.6 Å². The molecule has 0 fully saturated rings. The first-order valence-corrected chi connectivity index (χ1v) is 12.4. The number of amides is 1. The van der Waals surface area contributed by atoms with Crippen LogP contribution in [0.4, 0.5) is 26.3 Å². The summed E-state index contributed by atoms with van der Waals surface area (Å²) in [6.07, 6.45) is -5.80. The second kappa shape index (κ2) is 10.2. The first kappa shape index (κ1) is 27.9. The molecule has 2 unspecified atom stereocenters. The molecule has 0 saturated carbocycles. The number of oxime groups is 1. The Morgan fingerprint density at radius 2 is 1.68 bits per heavy atom. The van der Waals surface area contributed by atoms with Crippen LogP contribution in [-0.2, 0) is 21.4 Å². The molecule has 2 atom stereocenters. The van der Waals surface area contributed by atoms with Crippen molar-refractivity contribution in [1.82, 2.24) is 4.72 Å². The molecule has 1 heterocycles. The van der Waals surface area contributed by atoms with E-state index < -0.39 is 68.2 Å².